The predicted molar refractivity (Wildman–Crippen MR) is 45.6 cm³/mol. The van der Waals surface area contributed by atoms with Crippen molar-refractivity contribution in [2.45, 2.75) is 19.8 Å². The summed E-state index contributed by atoms with van der Waals surface area (Å²) in [6, 6.07) is 0. The summed E-state index contributed by atoms with van der Waals surface area (Å²) in [6.45, 7) is 2.30. The highest BCUT2D eigenvalue weighted by atomic mass is 16.4. The van der Waals surface area contributed by atoms with E-state index in [4.69, 9.17) is 9.52 Å². The quantitative estimate of drug-likeness (QED) is 0.733. The molecule has 0 fully saturated rings. The molecule has 13 heavy (non-hydrogen) atoms. The Labute approximate surface area is 75.8 Å². The number of hydrogen-bond donors (Lipinski definition) is 2. The zero-order valence-electron chi connectivity index (χ0n) is 7.41. The van der Waals surface area contributed by atoms with Gasteiger partial charge in [-0.1, -0.05) is 6.92 Å². The maximum atomic E-state index is 10.1. The second-order valence-electron chi connectivity index (χ2n) is 2.56. The van der Waals surface area contributed by atoms with Crippen molar-refractivity contribution < 1.29 is 14.3 Å². The highest BCUT2D eigenvalue weighted by molar-refractivity contribution is 5.64. The van der Waals surface area contributed by atoms with Crippen molar-refractivity contribution in [2.75, 3.05) is 6.54 Å². The van der Waals surface area contributed by atoms with Crippen LogP contribution < -0.4 is 5.32 Å². The van der Waals surface area contributed by atoms with Gasteiger partial charge >= 0.3 is 6.09 Å². The maximum Gasteiger partial charge on any atom is 0.404 e. The molecule has 0 atom stereocenters. The van der Waals surface area contributed by atoms with Gasteiger partial charge in [-0.3, -0.25) is 0 Å². The number of aryl methyl sites for hydroxylation is 1. The second kappa shape index (κ2) is 4.49. The topological polar surface area (TPSA) is 75.4 Å². The highest BCUT2D eigenvalue weighted by Crippen LogP contribution is 2.03. The molecule has 72 valence electrons. The summed E-state index contributed by atoms with van der Waals surface area (Å²) in [4.78, 5) is 14.1. The van der Waals surface area contributed by atoms with Crippen LogP contribution in [0.4, 0.5) is 4.79 Å². The van der Waals surface area contributed by atoms with Gasteiger partial charge in [0.1, 0.15) is 5.76 Å². The molecule has 0 unspecified atom stereocenters. The van der Waals surface area contributed by atoms with Gasteiger partial charge in [0.15, 0.2) is 5.89 Å². The van der Waals surface area contributed by atoms with E-state index in [1.165, 1.54) is 0 Å². The maximum absolute atomic E-state index is 10.1. The third-order valence-corrected chi connectivity index (χ3v) is 1.56. The molecular weight excluding hydrogens is 172 g/mol. The fourth-order valence-corrected chi connectivity index (χ4v) is 0.903. The van der Waals surface area contributed by atoms with Crippen LogP contribution in [0.1, 0.15) is 18.6 Å². The van der Waals surface area contributed by atoms with Gasteiger partial charge in [-0.05, 0) is 0 Å². The summed E-state index contributed by atoms with van der Waals surface area (Å²) in [6.07, 6.45) is 1.93. The lowest BCUT2D eigenvalue weighted by atomic mass is 10.4. The zero-order chi connectivity index (χ0) is 9.68. The minimum absolute atomic E-state index is 0.332. The molecule has 0 saturated heterocycles. The SMILES string of the molecule is CCc1cnc(CCNC(=O)O)o1. The van der Waals surface area contributed by atoms with Crippen LogP contribution in [0.25, 0.3) is 0 Å². The average molecular weight is 184 g/mol. The molecule has 5 nitrogen and oxygen atoms in total. The molecule has 0 aliphatic heterocycles. The van der Waals surface area contributed by atoms with E-state index in [2.05, 4.69) is 10.3 Å². The molecule has 0 aliphatic rings. The smallest absolute Gasteiger partial charge is 0.404 e. The summed E-state index contributed by atoms with van der Waals surface area (Å²) >= 11 is 0. The number of carbonyl (C=O) groups is 1. The first-order valence-corrected chi connectivity index (χ1v) is 4.12. The van der Waals surface area contributed by atoms with Crippen LogP contribution in [0, 0.1) is 0 Å². The number of aromatic nitrogens is 1. The summed E-state index contributed by atoms with van der Waals surface area (Å²) in [5, 5.41) is 10.5. The molecule has 1 aromatic heterocycles. The molecule has 0 bridgehead atoms. The van der Waals surface area contributed by atoms with Crippen molar-refractivity contribution in [3.05, 3.63) is 17.8 Å². The summed E-state index contributed by atoms with van der Waals surface area (Å²) in [5.41, 5.74) is 0. The van der Waals surface area contributed by atoms with Crippen LogP contribution in [0.2, 0.25) is 0 Å². The molecule has 1 heterocycles. The van der Waals surface area contributed by atoms with E-state index in [1.807, 2.05) is 6.92 Å². The summed E-state index contributed by atoms with van der Waals surface area (Å²) in [7, 11) is 0. The van der Waals surface area contributed by atoms with Crippen LogP contribution in [0.5, 0.6) is 0 Å². The molecule has 1 amide bonds. The lowest BCUT2D eigenvalue weighted by molar-refractivity contribution is 0.194. The van der Waals surface area contributed by atoms with Crippen molar-refractivity contribution in [2.24, 2.45) is 0 Å². The number of rotatable bonds is 4. The van der Waals surface area contributed by atoms with Crippen molar-refractivity contribution in [3.63, 3.8) is 0 Å². The van der Waals surface area contributed by atoms with E-state index in [9.17, 15) is 4.79 Å². The van der Waals surface area contributed by atoms with Crippen molar-refractivity contribution >= 4 is 6.09 Å². The van der Waals surface area contributed by atoms with Crippen LogP contribution in [0.15, 0.2) is 10.6 Å². The van der Waals surface area contributed by atoms with E-state index in [1.54, 1.807) is 6.20 Å². The van der Waals surface area contributed by atoms with E-state index >= 15 is 0 Å². The normalized spacial score (nSPS) is 9.92. The number of amides is 1. The van der Waals surface area contributed by atoms with E-state index in [-0.39, 0.29) is 0 Å². The van der Waals surface area contributed by atoms with Gasteiger partial charge in [0.05, 0.1) is 6.20 Å². The Bertz CT molecular complexity index is 283. The van der Waals surface area contributed by atoms with Gasteiger partial charge in [-0.15, -0.1) is 0 Å². The molecule has 0 aliphatic carbocycles. The molecule has 0 aromatic carbocycles. The lowest BCUT2D eigenvalue weighted by Crippen LogP contribution is -2.23. The molecule has 1 rings (SSSR count). The van der Waals surface area contributed by atoms with Gasteiger partial charge in [-0.2, -0.15) is 0 Å². The molecule has 1 aromatic rings. The molecule has 0 radical (unpaired) electrons. The molecule has 0 saturated carbocycles. The predicted octanol–water partition coefficient (Wildman–Crippen LogP) is 1.05. The Morgan fingerprint density at radius 3 is 3.08 bits per heavy atom. The Morgan fingerprint density at radius 2 is 2.54 bits per heavy atom. The zero-order valence-corrected chi connectivity index (χ0v) is 7.41. The van der Waals surface area contributed by atoms with Crippen LogP contribution in [0.3, 0.4) is 0 Å². The minimum Gasteiger partial charge on any atom is -0.465 e. The first kappa shape index (κ1) is 9.57. The molecule has 0 spiro atoms. The first-order valence-electron chi connectivity index (χ1n) is 4.12. The van der Waals surface area contributed by atoms with Crippen molar-refractivity contribution in [1.29, 1.82) is 0 Å². The number of hydrogen-bond acceptors (Lipinski definition) is 3. The molecule has 2 N–H and O–H groups in total. The van der Waals surface area contributed by atoms with E-state index < -0.39 is 6.09 Å². The Hall–Kier alpha value is -1.52. The highest BCUT2D eigenvalue weighted by Gasteiger charge is 2.02. The number of nitrogens with zero attached hydrogens (tertiary/aromatic N) is 1. The third kappa shape index (κ3) is 3.14. The van der Waals surface area contributed by atoms with Gasteiger partial charge in [0.25, 0.3) is 0 Å². The van der Waals surface area contributed by atoms with E-state index in [0.29, 0.717) is 18.9 Å². The van der Waals surface area contributed by atoms with Gasteiger partial charge < -0.3 is 14.8 Å². The van der Waals surface area contributed by atoms with Crippen molar-refractivity contribution in [1.82, 2.24) is 10.3 Å². The number of nitrogens with one attached hydrogen (secondary N) is 1. The lowest BCUT2D eigenvalue weighted by Gasteiger charge is -1.96. The fourth-order valence-electron chi connectivity index (χ4n) is 0.903. The third-order valence-electron chi connectivity index (χ3n) is 1.56. The Kier molecular flexibility index (Phi) is 3.31. The van der Waals surface area contributed by atoms with Gasteiger partial charge in [-0.25, -0.2) is 9.78 Å². The second-order valence-corrected chi connectivity index (χ2v) is 2.56. The van der Waals surface area contributed by atoms with E-state index in [0.717, 1.165) is 12.2 Å². The van der Waals surface area contributed by atoms with Gasteiger partial charge in [0, 0.05) is 19.4 Å². The first-order chi connectivity index (χ1) is 6.22. The molecule has 5 heteroatoms. The van der Waals surface area contributed by atoms with Crippen molar-refractivity contribution in [3.8, 4) is 0 Å². The molecular formula is C8H12N2O3. The van der Waals surface area contributed by atoms with Crippen LogP contribution >= 0.6 is 0 Å². The number of carboxylic acid groups (broad SMARTS) is 1. The van der Waals surface area contributed by atoms with Crippen LogP contribution in [-0.4, -0.2) is 22.7 Å². The Balaban J connectivity index is 2.32. The Morgan fingerprint density at radius 1 is 1.77 bits per heavy atom. The summed E-state index contributed by atoms with van der Waals surface area (Å²) < 4.78 is 5.27. The average Bonchev–Trinajstić information content (AvgIpc) is 2.52. The fraction of sp³-hybridized carbons (Fsp3) is 0.500. The standard InChI is InChI=1S/C8H12N2O3/c1-2-6-5-10-7(13-6)3-4-9-8(11)12/h5,9H,2-4H2,1H3,(H,11,12). The van der Waals surface area contributed by atoms with Gasteiger partial charge in [0.2, 0.25) is 0 Å². The number of oxazole rings is 1. The van der Waals surface area contributed by atoms with Crippen LogP contribution in [-0.2, 0) is 12.8 Å². The monoisotopic (exact) mass is 184 g/mol. The minimum atomic E-state index is -1.03. The summed E-state index contributed by atoms with van der Waals surface area (Å²) in [5.74, 6) is 1.40. The largest absolute Gasteiger partial charge is 0.465 e.